The van der Waals surface area contributed by atoms with E-state index in [0.29, 0.717) is 29.0 Å². The second-order valence-corrected chi connectivity index (χ2v) is 9.93. The molecule has 0 saturated heterocycles. The van der Waals surface area contributed by atoms with Gasteiger partial charge in [0.2, 0.25) is 0 Å². The zero-order chi connectivity index (χ0) is 31.7. The Bertz CT molecular complexity index is 1530. The van der Waals surface area contributed by atoms with Gasteiger partial charge in [-0.1, -0.05) is 37.1 Å². The molecule has 1 aromatic heterocycles. The topological polar surface area (TPSA) is 66.9 Å². The highest BCUT2D eigenvalue weighted by molar-refractivity contribution is 5.75. The van der Waals surface area contributed by atoms with Crippen molar-refractivity contribution >= 4 is 5.95 Å². The van der Waals surface area contributed by atoms with Crippen molar-refractivity contribution in [3.63, 3.8) is 0 Å². The maximum atomic E-state index is 14.2. The summed E-state index contributed by atoms with van der Waals surface area (Å²) < 4.78 is 129. The summed E-state index contributed by atoms with van der Waals surface area (Å²) in [5.74, 6) is -0.492. The fourth-order valence-electron chi connectivity index (χ4n) is 4.66. The quantitative estimate of drug-likeness (QED) is 0.202. The molecule has 15 heteroatoms. The Labute approximate surface area is 239 Å². The first-order chi connectivity index (χ1) is 20.0. The summed E-state index contributed by atoms with van der Waals surface area (Å²) in [6, 6.07) is 9.86. The van der Waals surface area contributed by atoms with Gasteiger partial charge in [-0.25, -0.2) is 0 Å². The van der Waals surface area contributed by atoms with Gasteiger partial charge in [-0.05, 0) is 69.8 Å². The SMILES string of the molecule is COc1ccccc1-c1cc(C(C)C)c(C(F)(F)F)cc1CN(Cc1cc(C(F)(F)F)cc(C(F)(F)F)c1)c1nn[nH]n1. The van der Waals surface area contributed by atoms with Crippen LogP contribution in [0.2, 0.25) is 0 Å². The number of H-pyrrole nitrogens is 1. The summed E-state index contributed by atoms with van der Waals surface area (Å²) in [5.41, 5.74) is -3.71. The zero-order valence-electron chi connectivity index (χ0n) is 22.8. The molecule has 0 amide bonds. The normalized spacial score (nSPS) is 12.6. The van der Waals surface area contributed by atoms with Gasteiger partial charge < -0.3 is 9.64 Å². The second kappa shape index (κ2) is 11.8. The summed E-state index contributed by atoms with van der Waals surface area (Å²) in [4.78, 5) is 1.13. The van der Waals surface area contributed by atoms with Crippen LogP contribution in [0, 0.1) is 0 Å². The minimum Gasteiger partial charge on any atom is -0.496 e. The van der Waals surface area contributed by atoms with E-state index in [1.807, 2.05) is 0 Å². The highest BCUT2D eigenvalue weighted by Gasteiger charge is 2.38. The second-order valence-electron chi connectivity index (χ2n) is 9.93. The number of tetrazole rings is 1. The monoisotopic (exact) mass is 617 g/mol. The van der Waals surface area contributed by atoms with Crippen LogP contribution in [0.3, 0.4) is 0 Å². The number of hydrogen-bond donors (Lipinski definition) is 1. The molecule has 4 aromatic rings. The highest BCUT2D eigenvalue weighted by Crippen LogP contribution is 2.42. The van der Waals surface area contributed by atoms with E-state index >= 15 is 0 Å². The number of methoxy groups -OCH3 is 1. The van der Waals surface area contributed by atoms with Crippen LogP contribution >= 0.6 is 0 Å². The number of alkyl halides is 9. The van der Waals surface area contributed by atoms with Gasteiger partial charge in [0.1, 0.15) is 5.75 Å². The Morgan fingerprint density at radius 1 is 0.791 bits per heavy atom. The van der Waals surface area contributed by atoms with Crippen molar-refractivity contribution in [2.24, 2.45) is 0 Å². The molecule has 4 rings (SSSR count). The standard InChI is InChI=1S/C28H24F9N5O/c1-15(2)21-12-22(20-6-4-5-7-24(20)43-3)17(10-23(21)28(35,36)37)14-42(25-38-40-41-39-25)13-16-8-18(26(29,30)31)11-19(9-16)27(32,33)34/h4-12,15H,13-14H2,1-3H3,(H,38,39,40,41). The number of halogens is 9. The van der Waals surface area contributed by atoms with E-state index in [9.17, 15) is 39.5 Å². The van der Waals surface area contributed by atoms with Crippen molar-refractivity contribution in [3.05, 3.63) is 88.0 Å². The Morgan fingerprint density at radius 3 is 1.93 bits per heavy atom. The molecule has 1 N–H and O–H groups in total. The lowest BCUT2D eigenvalue weighted by molar-refractivity contribution is -0.143. The van der Waals surface area contributed by atoms with Crippen molar-refractivity contribution in [2.45, 2.75) is 51.4 Å². The lowest BCUT2D eigenvalue weighted by Gasteiger charge is -2.26. The van der Waals surface area contributed by atoms with Crippen LogP contribution in [0.1, 0.15) is 53.1 Å². The Balaban J connectivity index is 1.91. The average Bonchev–Trinajstić information content (AvgIpc) is 3.46. The van der Waals surface area contributed by atoms with E-state index in [1.54, 1.807) is 38.1 Å². The number of rotatable bonds is 8. The third-order valence-electron chi connectivity index (χ3n) is 6.60. The molecule has 0 radical (unpaired) electrons. The van der Waals surface area contributed by atoms with Crippen LogP contribution in [-0.2, 0) is 31.6 Å². The van der Waals surface area contributed by atoms with Crippen LogP contribution in [0.15, 0.2) is 54.6 Å². The first-order valence-corrected chi connectivity index (χ1v) is 12.6. The number of anilines is 1. The largest absolute Gasteiger partial charge is 0.496 e. The van der Waals surface area contributed by atoms with E-state index < -0.39 is 59.8 Å². The molecule has 3 aromatic carbocycles. The van der Waals surface area contributed by atoms with Gasteiger partial charge in [0.05, 0.1) is 23.8 Å². The Hall–Kier alpha value is -4.30. The summed E-state index contributed by atoms with van der Waals surface area (Å²) >= 11 is 0. The number of nitrogens with zero attached hydrogens (tertiary/aromatic N) is 4. The molecule has 0 bridgehead atoms. The first kappa shape index (κ1) is 31.6. The maximum Gasteiger partial charge on any atom is 0.416 e. The summed E-state index contributed by atoms with van der Waals surface area (Å²) in [5, 5.41) is 13.1. The smallest absolute Gasteiger partial charge is 0.416 e. The van der Waals surface area contributed by atoms with Gasteiger partial charge in [0.15, 0.2) is 0 Å². The summed E-state index contributed by atoms with van der Waals surface area (Å²) in [7, 11) is 1.38. The Kier molecular flexibility index (Phi) is 8.65. The van der Waals surface area contributed by atoms with E-state index in [4.69, 9.17) is 4.74 Å². The molecule has 0 fully saturated rings. The van der Waals surface area contributed by atoms with E-state index in [1.165, 1.54) is 13.2 Å². The van der Waals surface area contributed by atoms with Crippen molar-refractivity contribution < 1.29 is 44.3 Å². The number of hydrogen-bond acceptors (Lipinski definition) is 5. The van der Waals surface area contributed by atoms with Crippen molar-refractivity contribution in [1.29, 1.82) is 0 Å². The molecule has 6 nitrogen and oxygen atoms in total. The highest BCUT2D eigenvalue weighted by atomic mass is 19.4. The average molecular weight is 618 g/mol. The fourth-order valence-corrected chi connectivity index (χ4v) is 4.66. The molecule has 230 valence electrons. The predicted molar refractivity (Wildman–Crippen MR) is 138 cm³/mol. The number of aromatic amines is 1. The molecule has 0 spiro atoms. The number of para-hydroxylation sites is 1. The van der Waals surface area contributed by atoms with Gasteiger partial charge in [0, 0.05) is 18.7 Å². The van der Waals surface area contributed by atoms with Gasteiger partial charge >= 0.3 is 18.5 Å². The molecule has 43 heavy (non-hydrogen) atoms. The third kappa shape index (κ3) is 7.20. The molecule has 1 heterocycles. The third-order valence-corrected chi connectivity index (χ3v) is 6.60. The van der Waals surface area contributed by atoms with Crippen molar-refractivity contribution in [1.82, 2.24) is 20.6 Å². The summed E-state index contributed by atoms with van der Waals surface area (Å²) in [6.07, 6.45) is -15.0. The number of benzene rings is 3. The van der Waals surface area contributed by atoms with Gasteiger partial charge in [-0.15, -0.1) is 5.10 Å². The van der Waals surface area contributed by atoms with Gasteiger partial charge in [-0.3, -0.25) is 0 Å². The van der Waals surface area contributed by atoms with Crippen LogP contribution in [0.25, 0.3) is 11.1 Å². The minimum absolute atomic E-state index is 0.0117. The number of aromatic nitrogens is 4. The Morgan fingerprint density at radius 2 is 1.42 bits per heavy atom. The van der Waals surface area contributed by atoms with Crippen LogP contribution < -0.4 is 9.64 Å². The van der Waals surface area contributed by atoms with Gasteiger partial charge in [-0.2, -0.15) is 44.7 Å². The minimum atomic E-state index is -5.10. The fraction of sp³-hybridized carbons (Fsp3) is 0.321. The van der Waals surface area contributed by atoms with E-state index in [-0.39, 0.29) is 23.1 Å². The maximum absolute atomic E-state index is 14.2. The number of ether oxygens (including phenoxy) is 1. The van der Waals surface area contributed by atoms with Crippen LogP contribution in [0.4, 0.5) is 45.5 Å². The molecular weight excluding hydrogens is 593 g/mol. The van der Waals surface area contributed by atoms with Crippen molar-refractivity contribution in [3.8, 4) is 16.9 Å². The molecule has 0 aliphatic rings. The van der Waals surface area contributed by atoms with Crippen molar-refractivity contribution in [2.75, 3.05) is 12.0 Å². The lowest BCUT2D eigenvalue weighted by atomic mass is 9.88. The number of nitrogens with one attached hydrogen (secondary N) is 1. The molecule has 0 aliphatic carbocycles. The molecule has 0 unspecified atom stereocenters. The van der Waals surface area contributed by atoms with Gasteiger partial charge in [0.25, 0.3) is 5.95 Å². The lowest BCUT2D eigenvalue weighted by Crippen LogP contribution is -2.25. The molecule has 0 saturated carbocycles. The predicted octanol–water partition coefficient (Wildman–Crippen LogP) is 8.26. The zero-order valence-corrected chi connectivity index (χ0v) is 22.8. The summed E-state index contributed by atoms with van der Waals surface area (Å²) in [6.45, 7) is 2.10. The van der Waals surface area contributed by atoms with Crippen LogP contribution in [0.5, 0.6) is 5.75 Å². The van der Waals surface area contributed by atoms with E-state index in [2.05, 4.69) is 20.6 Å². The molecular formula is C28H24F9N5O. The van der Waals surface area contributed by atoms with E-state index in [0.717, 1.165) is 11.0 Å². The molecule has 0 atom stereocenters. The van der Waals surface area contributed by atoms with Crippen LogP contribution in [-0.4, -0.2) is 27.7 Å². The first-order valence-electron chi connectivity index (χ1n) is 12.6. The molecule has 0 aliphatic heterocycles.